The molecule has 1 N–H and O–H groups in total. The highest BCUT2D eigenvalue weighted by Crippen LogP contribution is 2.45. The van der Waals surface area contributed by atoms with Crippen molar-refractivity contribution in [3.8, 4) is 0 Å². The molecular formula is C12H21NO2. The minimum atomic E-state index is -0.444. The third-order valence-electron chi connectivity index (χ3n) is 3.51. The van der Waals surface area contributed by atoms with Crippen LogP contribution in [0.1, 0.15) is 40.5 Å². The van der Waals surface area contributed by atoms with Gasteiger partial charge in [0, 0.05) is 0 Å². The Kier molecular flexibility index (Phi) is 2.53. The van der Waals surface area contributed by atoms with Crippen LogP contribution < -0.4 is 5.32 Å². The highest BCUT2D eigenvalue weighted by atomic mass is 16.5. The lowest BCUT2D eigenvalue weighted by molar-refractivity contribution is -0.161. The van der Waals surface area contributed by atoms with Gasteiger partial charge < -0.3 is 10.1 Å². The van der Waals surface area contributed by atoms with Gasteiger partial charge >= 0.3 is 0 Å². The van der Waals surface area contributed by atoms with Crippen LogP contribution in [0.15, 0.2) is 0 Å². The van der Waals surface area contributed by atoms with Gasteiger partial charge in [-0.1, -0.05) is 27.7 Å². The molecule has 1 saturated carbocycles. The molecule has 3 heteroatoms. The number of hydrogen-bond donors (Lipinski definition) is 1. The molecule has 0 aromatic rings. The van der Waals surface area contributed by atoms with Crippen LogP contribution in [0.3, 0.4) is 0 Å². The van der Waals surface area contributed by atoms with Crippen molar-refractivity contribution in [2.75, 3.05) is 0 Å². The number of rotatable bonds is 2. The fraction of sp³-hybridized carbons (Fsp3) is 0.917. The largest absolute Gasteiger partial charge is 0.360 e. The number of amides is 1. The van der Waals surface area contributed by atoms with Gasteiger partial charge in [-0.2, -0.15) is 0 Å². The summed E-state index contributed by atoms with van der Waals surface area (Å²) in [7, 11) is 0. The topological polar surface area (TPSA) is 38.3 Å². The molecule has 1 heterocycles. The first-order valence-corrected chi connectivity index (χ1v) is 5.95. The van der Waals surface area contributed by atoms with E-state index in [1.807, 2.05) is 0 Å². The number of hydrogen-bond acceptors (Lipinski definition) is 2. The van der Waals surface area contributed by atoms with E-state index in [1.165, 1.54) is 0 Å². The van der Waals surface area contributed by atoms with Gasteiger partial charge in [-0.05, 0) is 24.7 Å². The average Bonchev–Trinajstić information content (AvgIpc) is 2.90. The highest BCUT2D eigenvalue weighted by molar-refractivity contribution is 5.89. The number of morpholine rings is 1. The molecule has 1 aliphatic carbocycles. The zero-order valence-electron chi connectivity index (χ0n) is 10.0. The molecule has 2 aliphatic rings. The molecule has 1 amide bonds. The second-order valence-electron chi connectivity index (χ2n) is 5.56. The monoisotopic (exact) mass is 211 g/mol. The number of ether oxygens (including phenoxy) is 1. The van der Waals surface area contributed by atoms with Crippen LogP contribution in [0.25, 0.3) is 0 Å². The molecule has 0 aromatic carbocycles. The minimum absolute atomic E-state index is 0.109. The molecule has 0 radical (unpaired) electrons. The normalized spacial score (nSPS) is 33.6. The molecule has 1 aliphatic heterocycles. The van der Waals surface area contributed by atoms with Crippen molar-refractivity contribution in [3.63, 3.8) is 0 Å². The Morgan fingerprint density at radius 2 is 1.87 bits per heavy atom. The first-order chi connectivity index (χ1) is 6.96. The Labute approximate surface area is 91.6 Å². The zero-order chi connectivity index (χ0) is 11.2. The number of carbonyl (C=O) groups excluding carboxylic acids is 1. The Morgan fingerprint density at radius 1 is 1.27 bits per heavy atom. The van der Waals surface area contributed by atoms with Crippen molar-refractivity contribution in [3.05, 3.63) is 0 Å². The van der Waals surface area contributed by atoms with Gasteiger partial charge in [-0.3, -0.25) is 4.79 Å². The van der Waals surface area contributed by atoms with Gasteiger partial charge in [0.2, 0.25) is 0 Å². The molecule has 1 spiro atoms. The van der Waals surface area contributed by atoms with Crippen LogP contribution in [0.2, 0.25) is 0 Å². The summed E-state index contributed by atoms with van der Waals surface area (Å²) in [5.74, 6) is 0.992. The quantitative estimate of drug-likeness (QED) is 0.755. The smallest absolute Gasteiger partial charge is 0.252 e. The summed E-state index contributed by atoms with van der Waals surface area (Å²) < 4.78 is 6.02. The Bertz CT molecular complexity index is 269. The first-order valence-electron chi connectivity index (χ1n) is 5.95. The fourth-order valence-corrected chi connectivity index (χ4v) is 2.31. The van der Waals surface area contributed by atoms with Crippen LogP contribution in [0, 0.1) is 11.8 Å². The van der Waals surface area contributed by atoms with E-state index in [4.69, 9.17) is 4.74 Å². The van der Waals surface area contributed by atoms with Gasteiger partial charge in [-0.15, -0.1) is 0 Å². The molecule has 0 bridgehead atoms. The minimum Gasteiger partial charge on any atom is -0.360 e. The summed E-state index contributed by atoms with van der Waals surface area (Å²) in [6.07, 6.45) is 1.96. The Hall–Kier alpha value is -0.570. The van der Waals surface area contributed by atoms with Crippen molar-refractivity contribution < 1.29 is 9.53 Å². The third-order valence-corrected chi connectivity index (χ3v) is 3.51. The lowest BCUT2D eigenvalue weighted by atomic mass is 9.89. The third kappa shape index (κ3) is 1.78. The van der Waals surface area contributed by atoms with E-state index in [-0.39, 0.29) is 18.1 Å². The first kappa shape index (κ1) is 10.9. The fourth-order valence-electron chi connectivity index (χ4n) is 2.31. The maximum absolute atomic E-state index is 11.8. The van der Waals surface area contributed by atoms with E-state index < -0.39 is 5.60 Å². The number of nitrogens with one attached hydrogen (secondary N) is 1. The van der Waals surface area contributed by atoms with Gasteiger partial charge in [0.05, 0.1) is 12.1 Å². The highest BCUT2D eigenvalue weighted by Gasteiger charge is 2.57. The van der Waals surface area contributed by atoms with Crippen molar-refractivity contribution in [1.82, 2.24) is 5.32 Å². The van der Waals surface area contributed by atoms with E-state index >= 15 is 0 Å². The maximum atomic E-state index is 11.8. The molecule has 2 atom stereocenters. The molecule has 0 aromatic heterocycles. The van der Waals surface area contributed by atoms with Crippen molar-refractivity contribution in [2.24, 2.45) is 11.8 Å². The van der Waals surface area contributed by atoms with E-state index in [2.05, 4.69) is 33.0 Å². The molecule has 3 nitrogen and oxygen atoms in total. The number of carbonyl (C=O) groups is 1. The average molecular weight is 211 g/mol. The molecule has 1 saturated heterocycles. The lowest BCUT2D eigenvalue weighted by Gasteiger charge is -2.41. The van der Waals surface area contributed by atoms with E-state index in [0.29, 0.717) is 11.8 Å². The summed E-state index contributed by atoms with van der Waals surface area (Å²) >= 11 is 0. The van der Waals surface area contributed by atoms with Gasteiger partial charge in [0.25, 0.3) is 5.91 Å². The van der Waals surface area contributed by atoms with Crippen molar-refractivity contribution >= 4 is 5.91 Å². The van der Waals surface area contributed by atoms with E-state index in [1.54, 1.807) is 0 Å². The molecule has 86 valence electrons. The summed E-state index contributed by atoms with van der Waals surface area (Å²) in [6, 6.07) is 0.170. The van der Waals surface area contributed by atoms with Gasteiger partial charge in [0.1, 0.15) is 5.60 Å². The van der Waals surface area contributed by atoms with Gasteiger partial charge in [-0.25, -0.2) is 0 Å². The van der Waals surface area contributed by atoms with Crippen LogP contribution in [-0.4, -0.2) is 23.7 Å². The van der Waals surface area contributed by atoms with Crippen LogP contribution in [0.4, 0.5) is 0 Å². The lowest BCUT2D eigenvalue weighted by Crippen LogP contribution is -2.60. The molecule has 2 rings (SSSR count). The van der Waals surface area contributed by atoms with Crippen molar-refractivity contribution in [2.45, 2.75) is 58.3 Å². The second-order valence-corrected chi connectivity index (χ2v) is 5.56. The van der Waals surface area contributed by atoms with E-state index in [0.717, 1.165) is 12.8 Å². The Morgan fingerprint density at radius 3 is 2.27 bits per heavy atom. The Balaban J connectivity index is 2.15. The van der Waals surface area contributed by atoms with Crippen LogP contribution in [0.5, 0.6) is 0 Å². The molecular weight excluding hydrogens is 190 g/mol. The summed E-state index contributed by atoms with van der Waals surface area (Å²) in [5, 5.41) is 3.14. The summed E-state index contributed by atoms with van der Waals surface area (Å²) in [4.78, 5) is 11.8. The summed E-state index contributed by atoms with van der Waals surface area (Å²) in [6.45, 7) is 8.59. The maximum Gasteiger partial charge on any atom is 0.252 e. The summed E-state index contributed by atoms with van der Waals surface area (Å²) in [5.41, 5.74) is -0.444. The van der Waals surface area contributed by atoms with E-state index in [9.17, 15) is 4.79 Å². The standard InChI is InChI=1S/C12H21NO2/c1-7(2)9-10(8(3)4)15-12(5-6-12)11(14)13-9/h7-10H,5-6H2,1-4H3,(H,13,14). The predicted molar refractivity (Wildman–Crippen MR) is 58.4 cm³/mol. The SMILES string of the molecule is CC(C)C1NC(=O)C2(CC2)OC1C(C)C. The van der Waals surface area contributed by atoms with Crippen LogP contribution >= 0.6 is 0 Å². The van der Waals surface area contributed by atoms with Crippen LogP contribution in [-0.2, 0) is 9.53 Å². The van der Waals surface area contributed by atoms with Gasteiger partial charge in [0.15, 0.2) is 0 Å². The molecule has 2 fully saturated rings. The second kappa shape index (κ2) is 3.48. The predicted octanol–water partition coefficient (Wildman–Crippen LogP) is 1.71. The molecule has 2 unspecified atom stereocenters. The zero-order valence-corrected chi connectivity index (χ0v) is 10.0. The van der Waals surface area contributed by atoms with Crippen molar-refractivity contribution in [1.29, 1.82) is 0 Å². The molecule has 15 heavy (non-hydrogen) atoms.